The molecule has 6 heteroatoms. The molecule has 0 unspecified atom stereocenters. The molecular formula is C22H20N4O2. The summed E-state index contributed by atoms with van der Waals surface area (Å²) in [5, 5.41) is 11.7. The number of aromatic nitrogens is 3. The molecule has 140 valence electrons. The van der Waals surface area contributed by atoms with E-state index in [1.807, 2.05) is 29.0 Å². The Hall–Kier alpha value is -3.41. The van der Waals surface area contributed by atoms with Gasteiger partial charge in [0.15, 0.2) is 5.65 Å². The van der Waals surface area contributed by atoms with E-state index in [1.165, 1.54) is 15.7 Å². The van der Waals surface area contributed by atoms with Crippen molar-refractivity contribution in [2.75, 3.05) is 13.1 Å². The quantitative estimate of drug-likeness (QED) is 0.560. The normalized spacial score (nSPS) is 17.3. The summed E-state index contributed by atoms with van der Waals surface area (Å²) >= 11 is 0. The monoisotopic (exact) mass is 372 g/mol. The Morgan fingerprint density at radius 2 is 1.93 bits per heavy atom. The highest BCUT2D eigenvalue weighted by atomic mass is 16.4. The third-order valence-electron chi connectivity index (χ3n) is 5.58. The second kappa shape index (κ2) is 6.64. The third kappa shape index (κ3) is 2.78. The highest BCUT2D eigenvalue weighted by Gasteiger charge is 2.26. The maximum absolute atomic E-state index is 11.4. The second-order valence-electron chi connectivity index (χ2n) is 7.27. The largest absolute Gasteiger partial charge is 0.465 e. The predicted octanol–water partition coefficient (Wildman–Crippen LogP) is 4.57. The first-order valence-electron chi connectivity index (χ1n) is 9.49. The van der Waals surface area contributed by atoms with Gasteiger partial charge in [0.2, 0.25) is 0 Å². The Bertz CT molecular complexity index is 1180. The zero-order valence-electron chi connectivity index (χ0n) is 15.3. The molecular weight excluding hydrogens is 352 g/mol. The smallest absolute Gasteiger partial charge is 0.407 e. The lowest BCUT2D eigenvalue weighted by Crippen LogP contribution is -2.39. The van der Waals surface area contributed by atoms with E-state index in [1.54, 1.807) is 6.33 Å². The Labute approximate surface area is 162 Å². The Morgan fingerprint density at radius 1 is 1.07 bits per heavy atom. The first kappa shape index (κ1) is 16.7. The van der Waals surface area contributed by atoms with Gasteiger partial charge < -0.3 is 14.6 Å². The molecule has 5 rings (SSSR count). The van der Waals surface area contributed by atoms with Crippen LogP contribution in [0.2, 0.25) is 0 Å². The Kier molecular flexibility index (Phi) is 3.97. The van der Waals surface area contributed by atoms with Crippen LogP contribution in [-0.2, 0) is 0 Å². The lowest BCUT2D eigenvalue weighted by molar-refractivity contribution is 0.122. The standard InChI is InChI=1S/C22H20N4O2/c27-22(28)25-11-3-6-18(13-25)26-14-24-20-19(9-10-23-21(20)26)17-8-7-15-4-1-2-5-16(15)12-17/h1-2,4-5,7-10,12,14,18H,3,6,11,13H2,(H,27,28)/t18-/m1/s1. The third-order valence-corrected chi connectivity index (χ3v) is 5.58. The zero-order valence-corrected chi connectivity index (χ0v) is 15.3. The van der Waals surface area contributed by atoms with Crippen molar-refractivity contribution < 1.29 is 9.90 Å². The number of imidazole rings is 1. The van der Waals surface area contributed by atoms with E-state index in [0.717, 1.165) is 35.1 Å². The minimum Gasteiger partial charge on any atom is -0.465 e. The highest BCUT2D eigenvalue weighted by Crippen LogP contribution is 2.31. The van der Waals surface area contributed by atoms with Crippen molar-refractivity contribution in [2.45, 2.75) is 18.9 Å². The van der Waals surface area contributed by atoms with E-state index in [4.69, 9.17) is 0 Å². The first-order valence-corrected chi connectivity index (χ1v) is 9.49. The summed E-state index contributed by atoms with van der Waals surface area (Å²) in [7, 11) is 0. The number of likely N-dealkylation sites (tertiary alicyclic amines) is 1. The number of benzene rings is 2. The molecule has 1 aliphatic rings. The van der Waals surface area contributed by atoms with Crippen LogP contribution >= 0.6 is 0 Å². The van der Waals surface area contributed by atoms with Gasteiger partial charge in [-0.3, -0.25) is 0 Å². The van der Waals surface area contributed by atoms with Crippen molar-refractivity contribution >= 4 is 28.0 Å². The predicted molar refractivity (Wildman–Crippen MR) is 108 cm³/mol. The fourth-order valence-corrected chi connectivity index (χ4v) is 4.15. The number of hydrogen-bond acceptors (Lipinski definition) is 3. The minimum absolute atomic E-state index is 0.0641. The van der Waals surface area contributed by atoms with Crippen LogP contribution in [0.4, 0.5) is 4.79 Å². The molecule has 0 bridgehead atoms. The number of pyridine rings is 1. The SMILES string of the molecule is O=C(O)N1CCC[C@@H](n2cnc3c(-c4ccc5ccccc5c4)ccnc32)C1. The topological polar surface area (TPSA) is 71.2 Å². The summed E-state index contributed by atoms with van der Waals surface area (Å²) in [5.74, 6) is 0. The maximum Gasteiger partial charge on any atom is 0.407 e. The molecule has 1 aliphatic heterocycles. The van der Waals surface area contributed by atoms with Gasteiger partial charge in [-0.05, 0) is 41.3 Å². The molecule has 1 N–H and O–H groups in total. The zero-order chi connectivity index (χ0) is 19.1. The van der Waals surface area contributed by atoms with Crippen molar-refractivity contribution in [3.63, 3.8) is 0 Å². The molecule has 4 aromatic rings. The van der Waals surface area contributed by atoms with Crippen LogP contribution in [-0.4, -0.2) is 43.7 Å². The first-order chi connectivity index (χ1) is 13.7. The Morgan fingerprint density at radius 3 is 2.79 bits per heavy atom. The number of fused-ring (bicyclic) bond motifs is 2. The number of carbonyl (C=O) groups is 1. The molecule has 2 aromatic heterocycles. The molecule has 0 aliphatic carbocycles. The molecule has 0 spiro atoms. The van der Waals surface area contributed by atoms with Gasteiger partial charge in [0.1, 0.15) is 5.52 Å². The molecule has 1 fully saturated rings. The molecule has 1 amide bonds. The van der Waals surface area contributed by atoms with Gasteiger partial charge in [0.25, 0.3) is 0 Å². The van der Waals surface area contributed by atoms with Gasteiger partial charge in [-0.15, -0.1) is 0 Å². The van der Waals surface area contributed by atoms with Gasteiger partial charge in [-0.25, -0.2) is 14.8 Å². The fraction of sp³-hybridized carbons (Fsp3) is 0.227. The highest BCUT2D eigenvalue weighted by molar-refractivity contribution is 5.94. The van der Waals surface area contributed by atoms with Crippen molar-refractivity contribution in [2.24, 2.45) is 0 Å². The average Bonchev–Trinajstić information content (AvgIpc) is 3.18. The van der Waals surface area contributed by atoms with Gasteiger partial charge in [-0.1, -0.05) is 36.4 Å². The van der Waals surface area contributed by atoms with Crippen LogP contribution in [0.25, 0.3) is 33.1 Å². The average molecular weight is 372 g/mol. The molecule has 3 heterocycles. The van der Waals surface area contributed by atoms with E-state index in [2.05, 4.69) is 40.3 Å². The van der Waals surface area contributed by atoms with E-state index in [-0.39, 0.29) is 6.04 Å². The lowest BCUT2D eigenvalue weighted by Gasteiger charge is -2.31. The number of amides is 1. The number of rotatable bonds is 2. The van der Waals surface area contributed by atoms with Gasteiger partial charge in [0.05, 0.1) is 12.4 Å². The molecule has 6 nitrogen and oxygen atoms in total. The number of nitrogens with zero attached hydrogens (tertiary/aromatic N) is 4. The van der Waals surface area contributed by atoms with Crippen LogP contribution in [0.15, 0.2) is 61.1 Å². The molecule has 0 radical (unpaired) electrons. The van der Waals surface area contributed by atoms with E-state index in [0.29, 0.717) is 13.1 Å². The summed E-state index contributed by atoms with van der Waals surface area (Å²) in [6.07, 6.45) is 4.53. The molecule has 28 heavy (non-hydrogen) atoms. The van der Waals surface area contributed by atoms with Gasteiger partial charge in [-0.2, -0.15) is 0 Å². The van der Waals surface area contributed by atoms with E-state index < -0.39 is 6.09 Å². The van der Waals surface area contributed by atoms with Crippen molar-refractivity contribution in [1.82, 2.24) is 19.4 Å². The Balaban J connectivity index is 1.57. The summed E-state index contributed by atoms with van der Waals surface area (Å²) in [4.78, 5) is 22.1. The number of hydrogen-bond donors (Lipinski definition) is 1. The second-order valence-corrected chi connectivity index (χ2v) is 7.27. The van der Waals surface area contributed by atoms with Crippen LogP contribution in [0, 0.1) is 0 Å². The molecule has 1 atom stereocenters. The van der Waals surface area contributed by atoms with E-state index >= 15 is 0 Å². The van der Waals surface area contributed by atoms with E-state index in [9.17, 15) is 9.90 Å². The van der Waals surface area contributed by atoms with Crippen molar-refractivity contribution in [3.05, 3.63) is 61.1 Å². The van der Waals surface area contributed by atoms with Gasteiger partial charge >= 0.3 is 6.09 Å². The minimum atomic E-state index is -0.862. The van der Waals surface area contributed by atoms with Crippen molar-refractivity contribution in [3.8, 4) is 11.1 Å². The summed E-state index contributed by atoms with van der Waals surface area (Å²) in [6.45, 7) is 1.07. The molecule has 1 saturated heterocycles. The number of carboxylic acid groups (broad SMARTS) is 1. The molecule has 2 aromatic carbocycles. The summed E-state index contributed by atoms with van der Waals surface area (Å²) in [5.41, 5.74) is 3.81. The summed E-state index contributed by atoms with van der Waals surface area (Å²) < 4.78 is 2.04. The van der Waals surface area contributed by atoms with Crippen LogP contribution in [0.5, 0.6) is 0 Å². The maximum atomic E-state index is 11.4. The number of piperidine rings is 1. The van der Waals surface area contributed by atoms with Crippen LogP contribution in [0.3, 0.4) is 0 Å². The van der Waals surface area contributed by atoms with Crippen molar-refractivity contribution in [1.29, 1.82) is 0 Å². The van der Waals surface area contributed by atoms with Crippen LogP contribution in [0.1, 0.15) is 18.9 Å². The fourth-order valence-electron chi connectivity index (χ4n) is 4.15. The van der Waals surface area contributed by atoms with Gasteiger partial charge in [0, 0.05) is 24.8 Å². The summed E-state index contributed by atoms with van der Waals surface area (Å²) in [6, 6.07) is 16.8. The molecule has 0 saturated carbocycles. The van der Waals surface area contributed by atoms with Crippen LogP contribution < -0.4 is 0 Å². The lowest BCUT2D eigenvalue weighted by atomic mass is 10.0.